The second kappa shape index (κ2) is 11.3. The fourth-order valence-electron chi connectivity index (χ4n) is 9.16. The van der Waals surface area contributed by atoms with Gasteiger partial charge in [0.2, 0.25) is 11.7 Å². The van der Waals surface area contributed by atoms with Gasteiger partial charge in [-0.05, 0) is 56.4 Å². The summed E-state index contributed by atoms with van der Waals surface area (Å²) in [7, 11) is 1.08. The molecule has 2 aliphatic heterocycles. The highest BCUT2D eigenvalue weighted by Gasteiger charge is 2.85. The molecule has 13 nitrogen and oxygen atoms in total. The lowest BCUT2D eigenvalue weighted by atomic mass is 9.38. The summed E-state index contributed by atoms with van der Waals surface area (Å²) in [5.74, 6) is -6.97. The van der Waals surface area contributed by atoms with Crippen molar-refractivity contribution in [3.8, 4) is 0 Å². The first kappa shape index (κ1) is 33.2. The number of Topliss-reactive ketones (excluding diaryl/α,β-unsaturated/α-hetero) is 1. The lowest BCUT2D eigenvalue weighted by molar-refractivity contribution is -0.290. The average molecular weight is 634 g/mol. The molecule has 2 heterocycles. The predicted molar refractivity (Wildman–Crippen MR) is 153 cm³/mol. The first-order chi connectivity index (χ1) is 21.0. The van der Waals surface area contributed by atoms with Crippen LogP contribution in [0.25, 0.3) is 0 Å². The van der Waals surface area contributed by atoms with E-state index >= 15 is 0 Å². The van der Waals surface area contributed by atoms with Crippen molar-refractivity contribution in [2.75, 3.05) is 13.7 Å². The second-order valence-corrected chi connectivity index (χ2v) is 14.1. The maximum atomic E-state index is 13.8. The Labute approximate surface area is 261 Å². The molecule has 1 spiro atoms. The highest BCUT2D eigenvalue weighted by atomic mass is 16.6. The number of carbonyl (C=O) groups is 5. The number of rotatable bonds is 7. The van der Waals surface area contributed by atoms with E-state index in [-0.39, 0.29) is 31.1 Å². The van der Waals surface area contributed by atoms with Crippen LogP contribution in [0.4, 0.5) is 0 Å². The largest absolute Gasteiger partial charge is 0.467 e. The summed E-state index contributed by atoms with van der Waals surface area (Å²) in [6.07, 6.45) is -4.80. The van der Waals surface area contributed by atoms with Crippen LogP contribution in [0.2, 0.25) is 0 Å². The van der Waals surface area contributed by atoms with Gasteiger partial charge in [-0.15, -0.1) is 0 Å². The molecule has 4 N–H and O–H groups in total. The molecule has 1 unspecified atom stereocenters. The van der Waals surface area contributed by atoms with Crippen molar-refractivity contribution >= 4 is 29.7 Å². The van der Waals surface area contributed by atoms with Crippen molar-refractivity contribution in [3.05, 3.63) is 23.0 Å². The van der Waals surface area contributed by atoms with Crippen LogP contribution in [0.5, 0.6) is 0 Å². The molecular weight excluding hydrogens is 590 g/mol. The van der Waals surface area contributed by atoms with Crippen LogP contribution >= 0.6 is 0 Å². The van der Waals surface area contributed by atoms with Crippen molar-refractivity contribution < 1.29 is 57.9 Å². The van der Waals surface area contributed by atoms with E-state index in [0.29, 0.717) is 17.6 Å². The van der Waals surface area contributed by atoms with Gasteiger partial charge in [-0.2, -0.15) is 0 Å². The second-order valence-electron chi connectivity index (χ2n) is 14.1. The van der Waals surface area contributed by atoms with Crippen molar-refractivity contribution in [2.45, 2.75) is 96.9 Å². The molecule has 0 aromatic heterocycles. The van der Waals surface area contributed by atoms with Crippen LogP contribution in [0, 0.1) is 34.5 Å². The standard InChI is InChI=1S/C32H43NO12/c1-13(2)8-17(33)27(38)45-22-15(5)16-10-19-31-12-42-32(29(40)41-7,26(37)21(36)24(31)30(16,6)11-18(22)34)25(31)23(28(39)43-19)44-20(35)9-14(3)4/h9,13,16-17,19,21,23-26,36-37H,8,10-12,33H2,1-7H3/t16-,17-,19+,21+,23+,24?,25+,26-,30-,31+,32-/m0/s1. The molecule has 3 aliphatic carbocycles. The van der Waals surface area contributed by atoms with Crippen LogP contribution in [-0.2, 0) is 47.7 Å². The summed E-state index contributed by atoms with van der Waals surface area (Å²) in [6, 6.07) is -0.940. The molecule has 2 saturated heterocycles. The quantitative estimate of drug-likeness (QED) is 0.203. The Morgan fingerprint density at radius 2 is 1.82 bits per heavy atom. The van der Waals surface area contributed by atoms with Gasteiger partial charge in [0.15, 0.2) is 11.5 Å². The minimum absolute atomic E-state index is 0.117. The zero-order chi connectivity index (χ0) is 33.4. The van der Waals surface area contributed by atoms with E-state index in [1.54, 1.807) is 27.7 Å². The van der Waals surface area contributed by atoms with Gasteiger partial charge in [-0.25, -0.2) is 19.2 Å². The minimum atomic E-state index is -2.27. The highest BCUT2D eigenvalue weighted by molar-refractivity contribution is 5.98. The third kappa shape index (κ3) is 4.68. The molecule has 45 heavy (non-hydrogen) atoms. The topological polar surface area (TPSA) is 198 Å². The fourth-order valence-corrected chi connectivity index (χ4v) is 9.16. The van der Waals surface area contributed by atoms with Crippen LogP contribution in [0.15, 0.2) is 23.0 Å². The number of fused-ring (bicyclic) bond motifs is 2. The fraction of sp³-hybridized carbons (Fsp3) is 0.719. The Morgan fingerprint density at radius 1 is 1.16 bits per heavy atom. The number of ether oxygens (including phenoxy) is 5. The Balaban J connectivity index is 1.64. The van der Waals surface area contributed by atoms with E-state index in [1.807, 2.05) is 13.8 Å². The van der Waals surface area contributed by atoms with Gasteiger partial charge in [-0.3, -0.25) is 4.79 Å². The molecule has 2 bridgehead atoms. The molecule has 5 rings (SSSR count). The number of aliphatic hydroxyl groups is 2. The summed E-state index contributed by atoms with van der Waals surface area (Å²) in [5.41, 5.74) is 2.32. The molecule has 13 heteroatoms. The summed E-state index contributed by atoms with van der Waals surface area (Å²) in [5, 5.41) is 23.6. The van der Waals surface area contributed by atoms with E-state index < -0.39 is 94.3 Å². The van der Waals surface area contributed by atoms with E-state index in [2.05, 4.69) is 0 Å². The first-order valence-corrected chi connectivity index (χ1v) is 15.3. The van der Waals surface area contributed by atoms with Crippen molar-refractivity contribution in [2.24, 2.45) is 40.2 Å². The van der Waals surface area contributed by atoms with Gasteiger partial charge >= 0.3 is 23.9 Å². The molecule has 4 fully saturated rings. The zero-order valence-electron chi connectivity index (χ0n) is 26.7. The number of carbonyl (C=O) groups excluding carboxylic acids is 5. The number of hydrogen-bond donors (Lipinski definition) is 3. The Hall–Kier alpha value is -3.13. The Kier molecular flexibility index (Phi) is 8.34. The highest BCUT2D eigenvalue weighted by Crippen LogP contribution is 2.72. The number of hydrogen-bond acceptors (Lipinski definition) is 13. The summed E-state index contributed by atoms with van der Waals surface area (Å²) >= 11 is 0. The molecule has 248 valence electrons. The minimum Gasteiger partial charge on any atom is -0.467 e. The third-order valence-corrected chi connectivity index (χ3v) is 10.7. The number of ketones is 1. The smallest absolute Gasteiger partial charge is 0.348 e. The first-order valence-electron chi connectivity index (χ1n) is 15.3. The normalized spacial score (nSPS) is 40.6. The number of methoxy groups -OCH3 is 1. The van der Waals surface area contributed by atoms with Gasteiger partial charge in [-0.1, -0.05) is 26.3 Å². The molecule has 0 aromatic carbocycles. The van der Waals surface area contributed by atoms with Crippen LogP contribution in [-0.4, -0.2) is 89.6 Å². The number of aliphatic hydroxyl groups excluding tert-OH is 2. The van der Waals surface area contributed by atoms with Gasteiger partial charge < -0.3 is 39.6 Å². The van der Waals surface area contributed by atoms with Crippen molar-refractivity contribution in [3.63, 3.8) is 0 Å². The van der Waals surface area contributed by atoms with Gasteiger partial charge in [0, 0.05) is 23.8 Å². The predicted octanol–water partition coefficient (Wildman–Crippen LogP) is 0.876. The lowest BCUT2D eigenvalue weighted by Gasteiger charge is -2.67. The van der Waals surface area contributed by atoms with Crippen LogP contribution in [0.1, 0.15) is 60.8 Å². The van der Waals surface area contributed by atoms with Crippen molar-refractivity contribution in [1.29, 1.82) is 0 Å². The molecule has 0 radical (unpaired) electrons. The Morgan fingerprint density at radius 3 is 2.42 bits per heavy atom. The van der Waals surface area contributed by atoms with Crippen LogP contribution in [0.3, 0.4) is 0 Å². The maximum Gasteiger partial charge on any atom is 0.348 e. The van der Waals surface area contributed by atoms with Gasteiger partial charge in [0.05, 0.1) is 25.7 Å². The molecule has 0 aromatic rings. The molecular formula is C32H43NO12. The lowest BCUT2D eigenvalue weighted by Crippen LogP contribution is -2.79. The zero-order valence-corrected chi connectivity index (χ0v) is 26.7. The van der Waals surface area contributed by atoms with Gasteiger partial charge in [0.1, 0.15) is 18.2 Å². The number of esters is 4. The molecule has 11 atom stereocenters. The summed E-state index contributed by atoms with van der Waals surface area (Å²) in [4.78, 5) is 66.6. The third-order valence-electron chi connectivity index (χ3n) is 10.7. The molecule has 5 aliphatic rings. The van der Waals surface area contributed by atoms with E-state index in [4.69, 9.17) is 29.4 Å². The Bertz CT molecular complexity index is 1380. The molecule has 2 saturated carbocycles. The monoisotopic (exact) mass is 633 g/mol. The number of allylic oxidation sites excluding steroid dienone is 3. The maximum absolute atomic E-state index is 13.8. The van der Waals surface area contributed by atoms with E-state index in [0.717, 1.165) is 7.11 Å². The van der Waals surface area contributed by atoms with E-state index in [1.165, 1.54) is 6.08 Å². The summed E-state index contributed by atoms with van der Waals surface area (Å²) in [6.45, 7) is 10.3. The van der Waals surface area contributed by atoms with Crippen molar-refractivity contribution in [1.82, 2.24) is 0 Å². The average Bonchev–Trinajstić information content (AvgIpc) is 3.25. The number of nitrogens with two attached hydrogens (primary N) is 1. The SMILES string of the molecule is COC(=O)[C@@]12OC[C@]34C([C@@H](O)[C@@H]1O)[C@@]1(C)CC(=O)C(OC(=O)[C@@H](N)CC(C)C)=C(C)[C@@H]1C[C@H]3OC(=O)[C@H](OC(=O)C=C(C)C)[C@@H]24. The van der Waals surface area contributed by atoms with Gasteiger partial charge in [0.25, 0.3) is 0 Å². The summed E-state index contributed by atoms with van der Waals surface area (Å²) < 4.78 is 28.4. The van der Waals surface area contributed by atoms with E-state index in [9.17, 15) is 34.2 Å². The molecule has 0 amide bonds. The van der Waals surface area contributed by atoms with Crippen LogP contribution < -0.4 is 5.73 Å².